The maximum absolute atomic E-state index is 10.6. The van der Waals surface area contributed by atoms with Gasteiger partial charge in [-0.3, -0.25) is 9.79 Å². The average molecular weight is 236 g/mol. The normalized spacial score (nSPS) is 13.2. The zero-order valence-corrected chi connectivity index (χ0v) is 8.50. The van der Waals surface area contributed by atoms with Gasteiger partial charge in [0, 0.05) is 6.54 Å². The highest BCUT2D eigenvalue weighted by molar-refractivity contribution is 5.75. The number of aliphatic carboxylic acids is 1. The average Bonchev–Trinajstić information content (AvgIpc) is 2.07. The highest BCUT2D eigenvalue weighted by atomic mass is 16.7. The second kappa shape index (κ2) is 6.23. The third-order valence-corrected chi connectivity index (χ3v) is 1.61. The number of hydrogen-bond donors (Lipinski definition) is 7. The molecule has 0 heterocycles. The summed E-state index contributed by atoms with van der Waals surface area (Å²) in [7, 11) is 0. The summed E-state index contributed by atoms with van der Waals surface area (Å²) in [5.41, 5.74) is 10.1. The molecule has 94 valence electrons. The van der Waals surface area contributed by atoms with E-state index in [2.05, 4.69) is 4.99 Å². The summed E-state index contributed by atoms with van der Waals surface area (Å²) in [6.07, 6.45) is -2.90. The maximum atomic E-state index is 10.6. The zero-order valence-electron chi connectivity index (χ0n) is 8.50. The number of aliphatic imine (C=N–C) groups is 1. The molecule has 9 nitrogen and oxygen atoms in total. The van der Waals surface area contributed by atoms with Crippen molar-refractivity contribution in [2.45, 2.75) is 25.0 Å². The molecule has 0 spiro atoms. The van der Waals surface area contributed by atoms with Crippen LogP contribution in [0.2, 0.25) is 0 Å². The summed E-state index contributed by atoms with van der Waals surface area (Å²) < 4.78 is 0. The number of nitrogens with two attached hydrogens (primary N) is 2. The number of nitrogens with zero attached hydrogens (tertiary/aromatic N) is 1. The quantitative estimate of drug-likeness (QED) is 0.104. The van der Waals surface area contributed by atoms with E-state index in [-0.39, 0.29) is 18.9 Å². The van der Waals surface area contributed by atoms with E-state index in [1.807, 2.05) is 0 Å². The van der Waals surface area contributed by atoms with Gasteiger partial charge in [-0.2, -0.15) is 0 Å². The van der Waals surface area contributed by atoms with Gasteiger partial charge in [0.15, 0.2) is 5.96 Å². The molecule has 16 heavy (non-hydrogen) atoms. The molecule has 9 heteroatoms. The Bertz CT molecular complexity index is 258. The molecule has 0 saturated heterocycles. The third kappa shape index (κ3) is 7.94. The molecule has 0 aromatic carbocycles. The van der Waals surface area contributed by atoms with Crippen molar-refractivity contribution in [3.63, 3.8) is 0 Å². The predicted molar refractivity (Wildman–Crippen MR) is 53.9 cm³/mol. The fourth-order valence-corrected chi connectivity index (χ4v) is 0.995. The molecular weight excluding hydrogens is 220 g/mol. The van der Waals surface area contributed by atoms with Crippen LogP contribution in [-0.2, 0) is 4.79 Å². The Morgan fingerprint density at radius 1 is 1.38 bits per heavy atom. The number of carboxylic acid groups (broad SMARTS) is 1. The standard InChI is InChI=1S/C7H16N4O5/c8-6(9)10-3-1-2-4(5(12)13)11-7(14,15)16/h4,11,14-16H,1-3H2,(H,12,13)(H4,8,9,10)/t4-/m0/s1. The van der Waals surface area contributed by atoms with Crippen LogP contribution in [0.5, 0.6) is 0 Å². The Morgan fingerprint density at radius 3 is 2.31 bits per heavy atom. The van der Waals surface area contributed by atoms with E-state index in [0.29, 0.717) is 6.42 Å². The molecule has 0 aromatic heterocycles. The molecule has 0 radical (unpaired) electrons. The lowest BCUT2D eigenvalue weighted by molar-refractivity contribution is -0.335. The largest absolute Gasteiger partial charge is 0.480 e. The maximum Gasteiger partial charge on any atom is 0.343 e. The van der Waals surface area contributed by atoms with Gasteiger partial charge in [-0.1, -0.05) is 0 Å². The first-order valence-electron chi connectivity index (χ1n) is 4.45. The third-order valence-electron chi connectivity index (χ3n) is 1.61. The van der Waals surface area contributed by atoms with Crippen molar-refractivity contribution in [3.05, 3.63) is 0 Å². The van der Waals surface area contributed by atoms with E-state index in [1.54, 1.807) is 5.32 Å². The van der Waals surface area contributed by atoms with Crippen molar-refractivity contribution >= 4 is 11.9 Å². The van der Waals surface area contributed by atoms with Crippen LogP contribution >= 0.6 is 0 Å². The van der Waals surface area contributed by atoms with Crippen LogP contribution < -0.4 is 16.8 Å². The Morgan fingerprint density at radius 2 is 1.94 bits per heavy atom. The smallest absolute Gasteiger partial charge is 0.343 e. The number of aliphatic hydroxyl groups is 3. The van der Waals surface area contributed by atoms with Gasteiger partial charge >= 0.3 is 12.1 Å². The van der Waals surface area contributed by atoms with Crippen LogP contribution in [0.3, 0.4) is 0 Å². The number of guanidine groups is 1. The van der Waals surface area contributed by atoms with Crippen LogP contribution in [0.1, 0.15) is 12.8 Å². The van der Waals surface area contributed by atoms with Crippen LogP contribution in [0.15, 0.2) is 4.99 Å². The van der Waals surface area contributed by atoms with Gasteiger partial charge < -0.3 is 31.9 Å². The van der Waals surface area contributed by atoms with E-state index in [1.165, 1.54) is 0 Å². The fraction of sp³-hybridized carbons (Fsp3) is 0.714. The summed E-state index contributed by atoms with van der Waals surface area (Å²) in [5, 5.41) is 36.0. The second-order valence-electron chi connectivity index (χ2n) is 3.12. The van der Waals surface area contributed by atoms with Gasteiger partial charge in [-0.25, -0.2) is 5.32 Å². The molecule has 0 amide bonds. The molecule has 0 unspecified atom stereocenters. The van der Waals surface area contributed by atoms with Crippen LogP contribution in [0.4, 0.5) is 0 Å². The van der Waals surface area contributed by atoms with Crippen molar-refractivity contribution in [2.24, 2.45) is 16.5 Å². The molecule has 0 aliphatic heterocycles. The Hall–Kier alpha value is -1.42. The first-order chi connectivity index (χ1) is 7.22. The number of carbonyl (C=O) groups is 1. The van der Waals surface area contributed by atoms with Crippen molar-refractivity contribution in [3.8, 4) is 0 Å². The van der Waals surface area contributed by atoms with E-state index < -0.39 is 18.1 Å². The highest BCUT2D eigenvalue weighted by Gasteiger charge is 2.27. The second-order valence-corrected chi connectivity index (χ2v) is 3.12. The molecule has 0 rings (SSSR count). The summed E-state index contributed by atoms with van der Waals surface area (Å²) in [6.45, 7) is 0.211. The Labute approximate surface area is 91.4 Å². The number of rotatable bonds is 7. The first kappa shape index (κ1) is 14.6. The molecule has 0 aliphatic carbocycles. The fourth-order valence-electron chi connectivity index (χ4n) is 0.995. The minimum absolute atomic E-state index is 0.0234. The number of nitrogens with one attached hydrogen (secondary N) is 1. The van der Waals surface area contributed by atoms with E-state index in [9.17, 15) is 4.79 Å². The molecule has 9 N–H and O–H groups in total. The van der Waals surface area contributed by atoms with Crippen LogP contribution in [-0.4, -0.2) is 51.0 Å². The summed E-state index contributed by atoms with van der Waals surface area (Å²) in [6, 6.07) is -1.31. The van der Waals surface area contributed by atoms with Crippen molar-refractivity contribution in [1.82, 2.24) is 5.32 Å². The van der Waals surface area contributed by atoms with Gasteiger partial charge in [0.05, 0.1) is 0 Å². The zero-order chi connectivity index (χ0) is 12.8. The summed E-state index contributed by atoms with van der Waals surface area (Å²) >= 11 is 0. The monoisotopic (exact) mass is 236 g/mol. The molecular formula is C7H16N4O5. The van der Waals surface area contributed by atoms with Gasteiger partial charge in [-0.15, -0.1) is 0 Å². The van der Waals surface area contributed by atoms with E-state index in [0.717, 1.165) is 0 Å². The molecule has 0 aromatic rings. The molecule has 0 saturated carbocycles. The van der Waals surface area contributed by atoms with Crippen LogP contribution in [0, 0.1) is 0 Å². The molecule has 1 atom stereocenters. The number of carboxylic acids is 1. The SMILES string of the molecule is NC(N)=NCCC[C@H](NC(O)(O)O)C(=O)O. The molecule has 0 aliphatic rings. The molecule has 0 fully saturated rings. The van der Waals surface area contributed by atoms with Crippen molar-refractivity contribution in [1.29, 1.82) is 0 Å². The van der Waals surface area contributed by atoms with Crippen molar-refractivity contribution < 1.29 is 25.2 Å². The van der Waals surface area contributed by atoms with E-state index in [4.69, 9.17) is 31.9 Å². The molecule has 0 bridgehead atoms. The van der Waals surface area contributed by atoms with Gasteiger partial charge in [0.1, 0.15) is 6.04 Å². The lowest BCUT2D eigenvalue weighted by atomic mass is 10.1. The first-order valence-corrected chi connectivity index (χ1v) is 4.45. The van der Waals surface area contributed by atoms with Gasteiger partial charge in [-0.05, 0) is 12.8 Å². The van der Waals surface area contributed by atoms with Crippen molar-refractivity contribution in [2.75, 3.05) is 6.54 Å². The predicted octanol–water partition coefficient (Wildman–Crippen LogP) is -3.33. The topological polar surface area (TPSA) is 174 Å². The summed E-state index contributed by atoms with van der Waals surface area (Å²) in [5.74, 6) is -1.44. The van der Waals surface area contributed by atoms with Gasteiger partial charge in [0.25, 0.3) is 0 Å². The Kier molecular flexibility index (Phi) is 5.67. The lowest BCUT2D eigenvalue weighted by Gasteiger charge is -2.21. The minimum atomic E-state index is -3.22. The lowest BCUT2D eigenvalue weighted by Crippen LogP contribution is -2.53. The minimum Gasteiger partial charge on any atom is -0.480 e. The Balaban J connectivity index is 4.06. The van der Waals surface area contributed by atoms with Crippen LogP contribution in [0.25, 0.3) is 0 Å². The summed E-state index contributed by atoms with van der Waals surface area (Å²) in [4.78, 5) is 14.2. The van der Waals surface area contributed by atoms with E-state index >= 15 is 0 Å². The van der Waals surface area contributed by atoms with Gasteiger partial charge in [0.2, 0.25) is 0 Å². The number of hydrogen-bond acceptors (Lipinski definition) is 6. The highest BCUT2D eigenvalue weighted by Crippen LogP contribution is 2.01.